The Morgan fingerprint density at radius 1 is 1.26 bits per heavy atom. The molecule has 0 fully saturated rings. The molecule has 0 aliphatic rings. The van der Waals surface area contributed by atoms with Crippen LogP contribution >= 0.6 is 0 Å². The lowest BCUT2D eigenvalue weighted by Crippen LogP contribution is -1.97. The van der Waals surface area contributed by atoms with Gasteiger partial charge in [0.15, 0.2) is 5.75 Å². The van der Waals surface area contributed by atoms with Gasteiger partial charge in [0, 0.05) is 17.8 Å². The minimum Gasteiger partial charge on any atom is -0.500 e. The SMILES string of the molecule is CCOc1cc(C=Nc2ccc(C)c(C)c2)cc([N+](=O)[O-])c1O. The van der Waals surface area contributed by atoms with Crippen LogP contribution in [-0.4, -0.2) is 22.9 Å². The second-order valence-electron chi connectivity index (χ2n) is 5.10. The fourth-order valence-corrected chi connectivity index (χ4v) is 2.05. The Labute approximate surface area is 134 Å². The van der Waals surface area contributed by atoms with Crippen molar-refractivity contribution in [3.63, 3.8) is 0 Å². The molecule has 0 amide bonds. The molecule has 6 heteroatoms. The summed E-state index contributed by atoms with van der Waals surface area (Å²) in [4.78, 5) is 14.7. The molecule has 0 aliphatic carbocycles. The fraction of sp³-hybridized carbons (Fsp3) is 0.235. The van der Waals surface area contributed by atoms with Gasteiger partial charge in [-0.1, -0.05) is 6.07 Å². The van der Waals surface area contributed by atoms with Gasteiger partial charge in [-0.15, -0.1) is 0 Å². The summed E-state index contributed by atoms with van der Waals surface area (Å²) in [6.07, 6.45) is 1.51. The van der Waals surface area contributed by atoms with E-state index < -0.39 is 16.4 Å². The van der Waals surface area contributed by atoms with E-state index in [1.165, 1.54) is 23.9 Å². The summed E-state index contributed by atoms with van der Waals surface area (Å²) in [6.45, 7) is 6.04. The molecule has 0 bridgehead atoms. The number of nitro benzene ring substituents is 1. The van der Waals surface area contributed by atoms with Gasteiger partial charge < -0.3 is 9.84 Å². The van der Waals surface area contributed by atoms with Crippen LogP contribution in [-0.2, 0) is 0 Å². The molecule has 0 atom stereocenters. The molecule has 120 valence electrons. The van der Waals surface area contributed by atoms with Crippen molar-refractivity contribution in [2.45, 2.75) is 20.8 Å². The molecular formula is C17H18N2O4. The third-order valence-electron chi connectivity index (χ3n) is 3.43. The van der Waals surface area contributed by atoms with E-state index in [2.05, 4.69) is 4.99 Å². The molecule has 0 radical (unpaired) electrons. The van der Waals surface area contributed by atoms with Crippen molar-refractivity contribution in [2.75, 3.05) is 6.61 Å². The van der Waals surface area contributed by atoms with Crippen LogP contribution in [0.2, 0.25) is 0 Å². The number of ether oxygens (including phenoxy) is 1. The second kappa shape index (κ2) is 6.91. The number of hydrogen-bond donors (Lipinski definition) is 1. The molecule has 0 heterocycles. The van der Waals surface area contributed by atoms with Gasteiger partial charge in [-0.2, -0.15) is 0 Å². The van der Waals surface area contributed by atoms with Gasteiger partial charge in [0.1, 0.15) is 0 Å². The van der Waals surface area contributed by atoms with Crippen molar-refractivity contribution in [1.82, 2.24) is 0 Å². The van der Waals surface area contributed by atoms with Crippen molar-refractivity contribution < 1.29 is 14.8 Å². The molecule has 2 aromatic rings. The maximum Gasteiger partial charge on any atom is 0.315 e. The number of hydrogen-bond acceptors (Lipinski definition) is 5. The topological polar surface area (TPSA) is 85.0 Å². The lowest BCUT2D eigenvalue weighted by Gasteiger charge is -2.07. The van der Waals surface area contributed by atoms with E-state index in [1.807, 2.05) is 32.0 Å². The van der Waals surface area contributed by atoms with E-state index in [0.717, 1.165) is 11.3 Å². The predicted molar refractivity (Wildman–Crippen MR) is 89.1 cm³/mol. The molecule has 2 rings (SSSR count). The molecule has 2 aromatic carbocycles. The van der Waals surface area contributed by atoms with Gasteiger partial charge in [-0.3, -0.25) is 15.1 Å². The zero-order valence-electron chi connectivity index (χ0n) is 13.2. The third kappa shape index (κ3) is 3.85. The van der Waals surface area contributed by atoms with E-state index in [-0.39, 0.29) is 5.75 Å². The van der Waals surface area contributed by atoms with Crippen molar-refractivity contribution in [3.05, 3.63) is 57.1 Å². The average molecular weight is 314 g/mol. The third-order valence-corrected chi connectivity index (χ3v) is 3.43. The minimum absolute atomic E-state index is 0.0724. The zero-order chi connectivity index (χ0) is 17.0. The Hall–Kier alpha value is -2.89. The highest BCUT2D eigenvalue weighted by Gasteiger charge is 2.19. The van der Waals surface area contributed by atoms with Crippen LogP contribution in [0.4, 0.5) is 11.4 Å². The molecule has 0 saturated carbocycles. The van der Waals surface area contributed by atoms with E-state index in [0.29, 0.717) is 12.2 Å². The summed E-state index contributed by atoms with van der Waals surface area (Å²) in [6, 6.07) is 8.56. The first-order valence-electron chi connectivity index (χ1n) is 7.18. The van der Waals surface area contributed by atoms with Crippen molar-refractivity contribution in [3.8, 4) is 11.5 Å². The highest BCUT2D eigenvalue weighted by molar-refractivity contribution is 5.85. The lowest BCUT2D eigenvalue weighted by molar-refractivity contribution is -0.386. The molecule has 1 N–H and O–H groups in total. The van der Waals surface area contributed by atoms with E-state index in [9.17, 15) is 15.2 Å². The van der Waals surface area contributed by atoms with Gasteiger partial charge in [0.2, 0.25) is 5.75 Å². The zero-order valence-corrected chi connectivity index (χ0v) is 13.2. The summed E-state index contributed by atoms with van der Waals surface area (Å²) in [7, 11) is 0. The Bertz CT molecular complexity index is 769. The average Bonchev–Trinajstić information content (AvgIpc) is 2.51. The van der Waals surface area contributed by atoms with Crippen LogP contribution in [0.5, 0.6) is 11.5 Å². The fourth-order valence-electron chi connectivity index (χ4n) is 2.05. The minimum atomic E-state index is -0.648. The highest BCUT2D eigenvalue weighted by atomic mass is 16.6. The smallest absolute Gasteiger partial charge is 0.315 e. The van der Waals surface area contributed by atoms with Crippen molar-refractivity contribution in [2.24, 2.45) is 4.99 Å². The number of nitrogens with zero attached hydrogens (tertiary/aromatic N) is 2. The number of aromatic hydroxyl groups is 1. The first-order valence-corrected chi connectivity index (χ1v) is 7.18. The van der Waals surface area contributed by atoms with Crippen LogP contribution in [0.25, 0.3) is 0 Å². The Kier molecular flexibility index (Phi) is 4.95. The Balaban J connectivity index is 2.40. The predicted octanol–water partition coefficient (Wildman–Crippen LogP) is 4.07. The molecule has 23 heavy (non-hydrogen) atoms. The van der Waals surface area contributed by atoms with Crippen LogP contribution < -0.4 is 4.74 Å². The Morgan fingerprint density at radius 3 is 2.61 bits per heavy atom. The standard InChI is InChI=1S/C17H18N2O4/c1-4-23-16-9-13(8-15(17(16)20)19(21)22)10-18-14-6-5-11(2)12(3)7-14/h5-10,20H,4H2,1-3H3. The maximum atomic E-state index is 11.0. The molecule has 0 saturated heterocycles. The molecule has 0 aliphatic heterocycles. The summed E-state index contributed by atoms with van der Waals surface area (Å²) < 4.78 is 5.24. The summed E-state index contributed by atoms with van der Waals surface area (Å²) in [5, 5.41) is 20.9. The summed E-state index contributed by atoms with van der Waals surface area (Å²) in [5.41, 5.74) is 3.12. The van der Waals surface area contributed by atoms with Gasteiger partial charge in [-0.05, 0) is 50.1 Å². The van der Waals surface area contributed by atoms with Crippen LogP contribution in [0.15, 0.2) is 35.3 Å². The van der Waals surface area contributed by atoms with Gasteiger partial charge in [0.25, 0.3) is 0 Å². The molecule has 0 unspecified atom stereocenters. The highest BCUT2D eigenvalue weighted by Crippen LogP contribution is 2.36. The lowest BCUT2D eigenvalue weighted by atomic mass is 10.1. The number of benzene rings is 2. The number of phenols is 1. The van der Waals surface area contributed by atoms with Crippen LogP contribution in [0.3, 0.4) is 0 Å². The monoisotopic (exact) mass is 314 g/mol. The van der Waals surface area contributed by atoms with E-state index in [4.69, 9.17) is 4.74 Å². The van der Waals surface area contributed by atoms with Crippen molar-refractivity contribution >= 4 is 17.6 Å². The number of rotatable bonds is 5. The molecule has 0 spiro atoms. The Morgan fingerprint density at radius 2 is 2.00 bits per heavy atom. The van der Waals surface area contributed by atoms with Gasteiger partial charge in [0.05, 0.1) is 17.2 Å². The van der Waals surface area contributed by atoms with Crippen LogP contribution in [0.1, 0.15) is 23.6 Å². The van der Waals surface area contributed by atoms with Crippen LogP contribution in [0, 0.1) is 24.0 Å². The maximum absolute atomic E-state index is 11.0. The number of phenolic OH excluding ortho intramolecular Hbond substituents is 1. The molecule has 0 aromatic heterocycles. The first-order chi connectivity index (χ1) is 10.9. The number of nitro groups is 1. The summed E-state index contributed by atoms with van der Waals surface area (Å²) in [5.74, 6) is -0.400. The number of aliphatic imine (C=N–C) groups is 1. The summed E-state index contributed by atoms with van der Waals surface area (Å²) >= 11 is 0. The molecule has 6 nitrogen and oxygen atoms in total. The quantitative estimate of drug-likeness (QED) is 0.512. The molecular weight excluding hydrogens is 296 g/mol. The van der Waals surface area contributed by atoms with Gasteiger partial charge >= 0.3 is 5.69 Å². The number of aryl methyl sites for hydroxylation is 2. The van der Waals surface area contributed by atoms with Crippen molar-refractivity contribution in [1.29, 1.82) is 0 Å². The normalized spacial score (nSPS) is 10.9. The largest absolute Gasteiger partial charge is 0.500 e. The van der Waals surface area contributed by atoms with E-state index in [1.54, 1.807) is 6.92 Å². The second-order valence-corrected chi connectivity index (χ2v) is 5.10. The van der Waals surface area contributed by atoms with Gasteiger partial charge in [-0.25, -0.2) is 0 Å². The first kappa shape index (κ1) is 16.5. The van der Waals surface area contributed by atoms with E-state index >= 15 is 0 Å².